The fraction of sp³-hybridized carbons (Fsp3) is 0.588. The third-order valence-corrected chi connectivity index (χ3v) is 5.29. The van der Waals surface area contributed by atoms with Gasteiger partial charge in [0.05, 0.1) is 7.11 Å². The van der Waals surface area contributed by atoms with E-state index in [4.69, 9.17) is 4.74 Å². The Morgan fingerprint density at radius 2 is 2.05 bits per heavy atom. The summed E-state index contributed by atoms with van der Waals surface area (Å²) < 4.78 is 6.21. The Bertz CT molecular complexity index is 496. The highest BCUT2D eigenvalue weighted by molar-refractivity contribution is 9.10. The van der Waals surface area contributed by atoms with Gasteiger partial charge < -0.3 is 10.1 Å². The van der Waals surface area contributed by atoms with Crippen molar-refractivity contribution in [2.24, 2.45) is 0 Å². The molecule has 1 N–H and O–H groups in total. The van der Waals surface area contributed by atoms with Crippen LogP contribution in [0.15, 0.2) is 22.7 Å². The van der Waals surface area contributed by atoms with Crippen molar-refractivity contribution in [1.29, 1.82) is 0 Å². The second-order valence-corrected chi connectivity index (χ2v) is 6.79. The molecule has 116 valence electrons. The lowest BCUT2D eigenvalue weighted by Crippen LogP contribution is -2.46. The molecule has 0 unspecified atom stereocenters. The third-order valence-electron chi connectivity index (χ3n) is 4.52. The molecule has 0 aromatic heterocycles. The molecule has 0 amide bonds. The summed E-state index contributed by atoms with van der Waals surface area (Å²) in [6.45, 7) is 0. The van der Waals surface area contributed by atoms with Crippen molar-refractivity contribution in [2.45, 2.75) is 50.5 Å². The summed E-state index contributed by atoms with van der Waals surface area (Å²) in [5.41, 5.74) is 1.02. The summed E-state index contributed by atoms with van der Waals surface area (Å²) >= 11 is 3.52. The largest absolute Gasteiger partial charge is 0.497 e. The lowest BCUT2D eigenvalue weighted by Gasteiger charge is -2.36. The highest BCUT2D eigenvalue weighted by atomic mass is 79.9. The van der Waals surface area contributed by atoms with Crippen LogP contribution < -0.4 is 10.1 Å². The zero-order chi connectivity index (χ0) is 15.3. The molecular formula is C17H24BrNO2. The summed E-state index contributed by atoms with van der Waals surface area (Å²) in [6, 6.07) is 5.78. The van der Waals surface area contributed by atoms with Crippen molar-refractivity contribution in [3.63, 3.8) is 0 Å². The number of benzene rings is 1. The number of ether oxygens (including phenoxy) is 1. The van der Waals surface area contributed by atoms with E-state index in [9.17, 15) is 4.79 Å². The fourth-order valence-electron chi connectivity index (χ4n) is 3.21. The fourth-order valence-corrected chi connectivity index (χ4v) is 3.60. The Morgan fingerprint density at radius 1 is 1.33 bits per heavy atom. The number of hydrogen-bond donors (Lipinski definition) is 1. The quantitative estimate of drug-likeness (QED) is 0.843. The Kier molecular flexibility index (Phi) is 5.82. The number of carbonyl (C=O) groups excluding carboxylic acids is 1. The minimum atomic E-state index is 0.0146. The van der Waals surface area contributed by atoms with Crippen LogP contribution >= 0.6 is 15.9 Å². The van der Waals surface area contributed by atoms with Crippen LogP contribution in [0.3, 0.4) is 0 Å². The molecule has 21 heavy (non-hydrogen) atoms. The molecule has 0 atom stereocenters. The molecule has 0 heterocycles. The number of methoxy groups -OCH3 is 1. The van der Waals surface area contributed by atoms with Crippen molar-refractivity contribution >= 4 is 21.7 Å². The molecule has 1 aliphatic carbocycles. The molecule has 1 aliphatic rings. The minimum Gasteiger partial charge on any atom is -0.497 e. The summed E-state index contributed by atoms with van der Waals surface area (Å²) in [4.78, 5) is 12.5. The average molecular weight is 354 g/mol. The first kappa shape index (κ1) is 16.5. The van der Waals surface area contributed by atoms with Crippen LogP contribution in [0.2, 0.25) is 0 Å². The van der Waals surface area contributed by atoms with Gasteiger partial charge in [-0.25, -0.2) is 0 Å². The maximum absolute atomic E-state index is 12.5. The summed E-state index contributed by atoms with van der Waals surface area (Å²) in [6.07, 6.45) is 7.02. The van der Waals surface area contributed by atoms with Crippen LogP contribution in [0.1, 0.15) is 44.1 Å². The smallest absolute Gasteiger partial charge is 0.139 e. The SMILES string of the molecule is CNC1(CC(=O)Cc2cc(OC)ccc2Br)CCCCC1. The zero-order valence-corrected chi connectivity index (χ0v) is 14.5. The van der Waals surface area contributed by atoms with Crippen molar-refractivity contribution in [2.75, 3.05) is 14.2 Å². The van der Waals surface area contributed by atoms with Gasteiger partial charge in [0.15, 0.2) is 0 Å². The van der Waals surface area contributed by atoms with Crippen molar-refractivity contribution < 1.29 is 9.53 Å². The van der Waals surface area contributed by atoms with E-state index in [1.165, 1.54) is 19.3 Å². The van der Waals surface area contributed by atoms with Crippen molar-refractivity contribution in [3.05, 3.63) is 28.2 Å². The molecule has 1 saturated carbocycles. The molecule has 1 aromatic carbocycles. The van der Waals surface area contributed by atoms with Gasteiger partial charge in [0, 0.05) is 22.9 Å². The number of Topliss-reactive ketones (excluding diaryl/α,β-unsaturated/α-hetero) is 1. The zero-order valence-electron chi connectivity index (χ0n) is 12.9. The molecular weight excluding hydrogens is 330 g/mol. The first-order valence-electron chi connectivity index (χ1n) is 7.61. The van der Waals surface area contributed by atoms with Crippen LogP contribution in [0, 0.1) is 0 Å². The molecule has 0 aliphatic heterocycles. The van der Waals surface area contributed by atoms with E-state index in [0.717, 1.165) is 28.6 Å². The van der Waals surface area contributed by atoms with E-state index in [2.05, 4.69) is 21.2 Å². The van der Waals surface area contributed by atoms with E-state index < -0.39 is 0 Å². The van der Waals surface area contributed by atoms with Gasteiger partial charge in [-0.05, 0) is 43.7 Å². The van der Waals surface area contributed by atoms with E-state index >= 15 is 0 Å². The number of nitrogens with one attached hydrogen (secondary N) is 1. The molecule has 0 spiro atoms. The molecule has 1 fully saturated rings. The highest BCUT2D eigenvalue weighted by Crippen LogP contribution is 2.32. The Balaban J connectivity index is 2.04. The van der Waals surface area contributed by atoms with Gasteiger partial charge >= 0.3 is 0 Å². The van der Waals surface area contributed by atoms with Gasteiger partial charge in [-0.2, -0.15) is 0 Å². The van der Waals surface area contributed by atoms with Gasteiger partial charge in [-0.15, -0.1) is 0 Å². The Labute approximate surface area is 135 Å². The van der Waals surface area contributed by atoms with E-state index in [1.54, 1.807) is 7.11 Å². The van der Waals surface area contributed by atoms with Crippen LogP contribution in [-0.2, 0) is 11.2 Å². The van der Waals surface area contributed by atoms with Crippen LogP contribution in [0.5, 0.6) is 5.75 Å². The maximum Gasteiger partial charge on any atom is 0.139 e. The topological polar surface area (TPSA) is 38.3 Å². The first-order valence-corrected chi connectivity index (χ1v) is 8.41. The van der Waals surface area contributed by atoms with Crippen LogP contribution in [0.25, 0.3) is 0 Å². The molecule has 0 radical (unpaired) electrons. The average Bonchev–Trinajstić information content (AvgIpc) is 2.50. The Hall–Kier alpha value is -0.870. The monoisotopic (exact) mass is 353 g/mol. The molecule has 0 bridgehead atoms. The second kappa shape index (κ2) is 7.41. The van der Waals surface area contributed by atoms with Crippen LogP contribution in [-0.4, -0.2) is 25.5 Å². The summed E-state index contributed by atoms with van der Waals surface area (Å²) in [7, 11) is 3.63. The molecule has 4 heteroatoms. The predicted octanol–water partition coefficient (Wildman–Crippen LogP) is 3.88. The second-order valence-electron chi connectivity index (χ2n) is 5.94. The van der Waals surface area contributed by atoms with Crippen molar-refractivity contribution in [1.82, 2.24) is 5.32 Å². The lowest BCUT2D eigenvalue weighted by molar-refractivity contribution is -0.120. The maximum atomic E-state index is 12.5. The minimum absolute atomic E-state index is 0.0146. The number of halogens is 1. The van der Waals surface area contributed by atoms with E-state index in [1.807, 2.05) is 25.2 Å². The number of rotatable bonds is 6. The van der Waals surface area contributed by atoms with Crippen LogP contribution in [0.4, 0.5) is 0 Å². The van der Waals surface area contributed by atoms with E-state index in [-0.39, 0.29) is 5.54 Å². The number of carbonyl (C=O) groups is 1. The first-order chi connectivity index (χ1) is 10.1. The van der Waals surface area contributed by atoms with Gasteiger partial charge in [-0.1, -0.05) is 35.2 Å². The molecule has 1 aromatic rings. The highest BCUT2D eigenvalue weighted by Gasteiger charge is 2.32. The lowest BCUT2D eigenvalue weighted by atomic mass is 9.78. The van der Waals surface area contributed by atoms with Crippen molar-refractivity contribution in [3.8, 4) is 5.75 Å². The summed E-state index contributed by atoms with van der Waals surface area (Å²) in [5.74, 6) is 1.09. The third kappa shape index (κ3) is 4.30. The van der Waals surface area contributed by atoms with E-state index in [0.29, 0.717) is 18.6 Å². The molecule has 2 rings (SSSR count). The van der Waals surface area contributed by atoms with Gasteiger partial charge in [0.2, 0.25) is 0 Å². The standard InChI is InChI=1S/C17H24BrNO2/c1-19-17(8-4-3-5-9-17)12-14(20)10-13-11-15(21-2)6-7-16(13)18/h6-7,11,19H,3-5,8-10,12H2,1-2H3. The molecule has 0 saturated heterocycles. The van der Waals surface area contributed by atoms with Gasteiger partial charge in [0.25, 0.3) is 0 Å². The number of ketones is 1. The summed E-state index contributed by atoms with van der Waals surface area (Å²) in [5, 5.41) is 3.41. The molecule has 3 nitrogen and oxygen atoms in total. The predicted molar refractivity (Wildman–Crippen MR) is 88.9 cm³/mol. The van der Waals surface area contributed by atoms with Gasteiger partial charge in [-0.3, -0.25) is 4.79 Å². The Morgan fingerprint density at radius 3 is 2.67 bits per heavy atom. The number of hydrogen-bond acceptors (Lipinski definition) is 3. The van der Waals surface area contributed by atoms with Gasteiger partial charge in [0.1, 0.15) is 11.5 Å². The normalized spacial score (nSPS) is 17.5.